The lowest BCUT2D eigenvalue weighted by molar-refractivity contribution is 0.0501. The quantitative estimate of drug-likeness (QED) is 0.739. The molecule has 0 aliphatic heterocycles. The standard InChI is InChI=1S/C13H17ClN2O5/c1-16(6-8(17)7-21-2)13(20)15-10-5-3-4-9(14)11(10)12(18)19/h3-5,8,17H,6-7H2,1-2H3,(H,15,20)(H,18,19). The first kappa shape index (κ1) is 17.2. The Hall–Kier alpha value is -1.83. The highest BCUT2D eigenvalue weighted by Gasteiger charge is 2.19. The maximum atomic E-state index is 12.0. The largest absolute Gasteiger partial charge is 0.478 e. The SMILES string of the molecule is COCC(O)CN(C)C(=O)Nc1cccc(Cl)c1C(=O)O. The molecular formula is C13H17ClN2O5. The normalized spacial score (nSPS) is 11.8. The number of methoxy groups -OCH3 is 1. The molecule has 7 nitrogen and oxygen atoms in total. The number of nitrogens with zero attached hydrogens (tertiary/aromatic N) is 1. The summed E-state index contributed by atoms with van der Waals surface area (Å²) in [7, 11) is 2.91. The van der Waals surface area contributed by atoms with Gasteiger partial charge < -0.3 is 25.2 Å². The van der Waals surface area contributed by atoms with Crippen molar-refractivity contribution in [2.75, 3.05) is 32.6 Å². The molecule has 1 aromatic carbocycles. The molecule has 21 heavy (non-hydrogen) atoms. The lowest BCUT2D eigenvalue weighted by atomic mass is 10.2. The summed E-state index contributed by atoms with van der Waals surface area (Å²) in [6, 6.07) is 3.83. The minimum Gasteiger partial charge on any atom is -0.478 e. The number of hydrogen-bond acceptors (Lipinski definition) is 4. The second kappa shape index (κ2) is 7.82. The third-order valence-corrected chi connectivity index (χ3v) is 2.97. The van der Waals surface area contributed by atoms with Crippen molar-refractivity contribution in [1.29, 1.82) is 0 Å². The first-order valence-electron chi connectivity index (χ1n) is 6.07. The van der Waals surface area contributed by atoms with Gasteiger partial charge in [-0.05, 0) is 12.1 Å². The summed E-state index contributed by atoms with van der Waals surface area (Å²) in [5.74, 6) is -1.24. The lowest BCUT2D eigenvalue weighted by Gasteiger charge is -2.21. The van der Waals surface area contributed by atoms with Crippen molar-refractivity contribution in [3.05, 3.63) is 28.8 Å². The number of anilines is 1. The molecule has 8 heteroatoms. The van der Waals surface area contributed by atoms with Crippen LogP contribution < -0.4 is 5.32 Å². The van der Waals surface area contributed by atoms with Gasteiger partial charge in [-0.2, -0.15) is 0 Å². The van der Waals surface area contributed by atoms with Crippen LogP contribution in [-0.4, -0.2) is 60.5 Å². The van der Waals surface area contributed by atoms with Gasteiger partial charge >= 0.3 is 12.0 Å². The molecular weight excluding hydrogens is 300 g/mol. The van der Waals surface area contributed by atoms with E-state index in [4.69, 9.17) is 21.4 Å². The van der Waals surface area contributed by atoms with Crippen LogP contribution in [0.25, 0.3) is 0 Å². The number of carboxylic acid groups (broad SMARTS) is 1. The predicted molar refractivity (Wildman–Crippen MR) is 77.9 cm³/mol. The first-order chi connectivity index (χ1) is 9.86. The number of likely N-dealkylation sites (N-methyl/N-ethyl adjacent to an activating group) is 1. The second-order valence-corrected chi connectivity index (χ2v) is 4.79. The fourth-order valence-corrected chi connectivity index (χ4v) is 1.96. The summed E-state index contributed by atoms with van der Waals surface area (Å²) in [5.41, 5.74) is -0.0913. The molecule has 0 aliphatic carbocycles. The fourth-order valence-electron chi connectivity index (χ4n) is 1.70. The summed E-state index contributed by atoms with van der Waals surface area (Å²) in [6.07, 6.45) is -0.830. The Balaban J connectivity index is 2.79. The Kier molecular flexibility index (Phi) is 6.41. The number of carbonyl (C=O) groups is 2. The van der Waals surface area contributed by atoms with E-state index in [9.17, 15) is 14.7 Å². The molecule has 0 heterocycles. The van der Waals surface area contributed by atoms with Gasteiger partial charge in [0.25, 0.3) is 0 Å². The van der Waals surface area contributed by atoms with Crippen molar-refractivity contribution < 1.29 is 24.5 Å². The van der Waals surface area contributed by atoms with Gasteiger partial charge in [-0.3, -0.25) is 0 Å². The molecule has 1 aromatic rings. The monoisotopic (exact) mass is 316 g/mol. The number of ether oxygens (including phenoxy) is 1. The third kappa shape index (κ3) is 4.89. The number of nitrogens with one attached hydrogen (secondary N) is 1. The van der Waals surface area contributed by atoms with Crippen LogP contribution in [0.15, 0.2) is 18.2 Å². The van der Waals surface area contributed by atoms with Gasteiger partial charge in [0.15, 0.2) is 0 Å². The smallest absolute Gasteiger partial charge is 0.339 e. The van der Waals surface area contributed by atoms with Gasteiger partial charge in [-0.1, -0.05) is 17.7 Å². The van der Waals surface area contributed by atoms with E-state index in [-0.39, 0.29) is 29.4 Å². The molecule has 0 aromatic heterocycles. The Morgan fingerprint density at radius 1 is 1.48 bits per heavy atom. The molecule has 0 aliphatic rings. The molecule has 0 saturated heterocycles. The Morgan fingerprint density at radius 3 is 2.71 bits per heavy atom. The molecule has 116 valence electrons. The zero-order valence-corrected chi connectivity index (χ0v) is 12.4. The van der Waals surface area contributed by atoms with Gasteiger partial charge in [-0.15, -0.1) is 0 Å². The summed E-state index contributed by atoms with van der Waals surface area (Å²) in [4.78, 5) is 24.3. The van der Waals surface area contributed by atoms with Gasteiger partial charge in [0.05, 0.1) is 30.0 Å². The van der Waals surface area contributed by atoms with Crippen LogP contribution in [0.3, 0.4) is 0 Å². The maximum absolute atomic E-state index is 12.0. The van der Waals surface area contributed by atoms with E-state index in [0.29, 0.717) is 0 Å². The number of aliphatic hydroxyl groups excluding tert-OH is 1. The number of carbonyl (C=O) groups excluding carboxylic acids is 1. The zero-order chi connectivity index (χ0) is 16.0. The maximum Gasteiger partial charge on any atom is 0.339 e. The van der Waals surface area contributed by atoms with Gasteiger partial charge in [0.1, 0.15) is 5.56 Å². The third-order valence-electron chi connectivity index (χ3n) is 2.66. The number of benzene rings is 1. The summed E-state index contributed by atoms with van der Waals surface area (Å²) in [6.45, 7) is 0.137. The number of rotatable bonds is 6. The zero-order valence-electron chi connectivity index (χ0n) is 11.7. The number of carboxylic acids is 1. The fraction of sp³-hybridized carbons (Fsp3) is 0.385. The average molecular weight is 317 g/mol. The summed E-state index contributed by atoms with van der Waals surface area (Å²) >= 11 is 5.81. The number of halogens is 1. The molecule has 0 spiro atoms. The highest BCUT2D eigenvalue weighted by Crippen LogP contribution is 2.24. The van der Waals surface area contributed by atoms with Crippen LogP contribution in [0.4, 0.5) is 10.5 Å². The summed E-state index contributed by atoms with van der Waals surface area (Å²) < 4.78 is 4.77. The highest BCUT2D eigenvalue weighted by molar-refractivity contribution is 6.34. The van der Waals surface area contributed by atoms with E-state index in [1.54, 1.807) is 0 Å². The van der Waals surface area contributed by atoms with E-state index >= 15 is 0 Å². The Morgan fingerprint density at radius 2 is 2.14 bits per heavy atom. The van der Waals surface area contributed by atoms with Crippen molar-refractivity contribution in [3.8, 4) is 0 Å². The van der Waals surface area contributed by atoms with E-state index in [1.807, 2.05) is 0 Å². The van der Waals surface area contributed by atoms with Crippen LogP contribution in [0, 0.1) is 0 Å². The van der Waals surface area contributed by atoms with Crippen LogP contribution in [-0.2, 0) is 4.74 Å². The van der Waals surface area contributed by atoms with Crippen molar-refractivity contribution in [2.24, 2.45) is 0 Å². The summed E-state index contributed by atoms with van der Waals surface area (Å²) in [5, 5.41) is 21.1. The van der Waals surface area contributed by atoms with Crippen molar-refractivity contribution in [3.63, 3.8) is 0 Å². The minimum atomic E-state index is -1.24. The van der Waals surface area contributed by atoms with Gasteiger partial charge in [0.2, 0.25) is 0 Å². The molecule has 0 bridgehead atoms. The molecule has 0 radical (unpaired) electrons. The topological polar surface area (TPSA) is 99.1 Å². The second-order valence-electron chi connectivity index (χ2n) is 4.39. The Bertz CT molecular complexity index is 523. The number of urea groups is 1. The van der Waals surface area contributed by atoms with E-state index < -0.39 is 18.1 Å². The molecule has 3 N–H and O–H groups in total. The van der Waals surface area contributed by atoms with Gasteiger partial charge in [-0.25, -0.2) is 9.59 Å². The lowest BCUT2D eigenvalue weighted by Crippen LogP contribution is -2.39. The van der Waals surface area contributed by atoms with Crippen molar-refractivity contribution in [1.82, 2.24) is 4.90 Å². The van der Waals surface area contributed by atoms with Crippen LogP contribution in [0.5, 0.6) is 0 Å². The molecule has 0 fully saturated rings. The first-order valence-corrected chi connectivity index (χ1v) is 6.45. The average Bonchev–Trinajstić information content (AvgIpc) is 2.38. The minimum absolute atomic E-state index is 0.0300. The predicted octanol–water partition coefficient (Wildman–Crippen LogP) is 1.51. The van der Waals surface area contributed by atoms with Crippen LogP contribution >= 0.6 is 11.6 Å². The van der Waals surface area contributed by atoms with Crippen LogP contribution in [0.1, 0.15) is 10.4 Å². The number of hydrogen-bond donors (Lipinski definition) is 3. The van der Waals surface area contributed by atoms with Crippen molar-refractivity contribution in [2.45, 2.75) is 6.10 Å². The van der Waals surface area contributed by atoms with Crippen molar-refractivity contribution >= 4 is 29.3 Å². The molecule has 1 unspecified atom stereocenters. The molecule has 0 saturated carbocycles. The van der Waals surface area contributed by atoms with Crippen LogP contribution in [0.2, 0.25) is 5.02 Å². The molecule has 1 atom stereocenters. The molecule has 2 amide bonds. The number of aromatic carboxylic acids is 1. The van der Waals surface area contributed by atoms with Gasteiger partial charge in [0, 0.05) is 14.2 Å². The highest BCUT2D eigenvalue weighted by atomic mass is 35.5. The number of aliphatic hydroxyl groups is 1. The Labute approximate surface area is 127 Å². The van der Waals surface area contributed by atoms with E-state index in [2.05, 4.69) is 5.32 Å². The van der Waals surface area contributed by atoms with E-state index in [1.165, 1.54) is 37.3 Å². The number of amides is 2. The van der Waals surface area contributed by atoms with E-state index in [0.717, 1.165) is 0 Å². The molecule has 1 rings (SSSR count).